The highest BCUT2D eigenvalue weighted by Gasteiger charge is 2.43. The second kappa shape index (κ2) is 10.6. The fourth-order valence-corrected chi connectivity index (χ4v) is 4.45. The molecular formula is C24H38O5. The Bertz CT molecular complexity index is 633. The molecule has 5 heteroatoms. The third kappa shape index (κ3) is 6.27. The van der Waals surface area contributed by atoms with Gasteiger partial charge in [-0.25, -0.2) is 4.79 Å². The molecular weight excluding hydrogens is 368 g/mol. The van der Waals surface area contributed by atoms with Crippen LogP contribution in [0.25, 0.3) is 0 Å². The fourth-order valence-electron chi connectivity index (χ4n) is 4.45. The molecule has 0 spiro atoms. The van der Waals surface area contributed by atoms with Crippen LogP contribution in [0, 0.1) is 23.2 Å². The third-order valence-electron chi connectivity index (χ3n) is 6.52. The fraction of sp³-hybridized carbons (Fsp3) is 0.708. The summed E-state index contributed by atoms with van der Waals surface area (Å²) in [4.78, 5) is 11.2. The molecule has 0 amide bonds. The maximum atomic E-state index is 11.2. The Labute approximate surface area is 175 Å². The van der Waals surface area contributed by atoms with Crippen LogP contribution in [0.4, 0.5) is 0 Å². The summed E-state index contributed by atoms with van der Waals surface area (Å²) in [6.07, 6.45) is 10.0. The van der Waals surface area contributed by atoms with Gasteiger partial charge in [0.15, 0.2) is 0 Å². The van der Waals surface area contributed by atoms with Crippen LogP contribution in [-0.4, -0.2) is 48.7 Å². The highest BCUT2D eigenvalue weighted by molar-refractivity contribution is 5.70. The Morgan fingerprint density at radius 1 is 1.41 bits per heavy atom. The van der Waals surface area contributed by atoms with Crippen LogP contribution in [-0.2, 0) is 14.3 Å². The number of allylic oxidation sites excluding steroid dienone is 1. The average molecular weight is 407 g/mol. The van der Waals surface area contributed by atoms with E-state index in [0.717, 1.165) is 43.3 Å². The molecule has 2 aliphatic carbocycles. The summed E-state index contributed by atoms with van der Waals surface area (Å²) < 4.78 is 9.94. The summed E-state index contributed by atoms with van der Waals surface area (Å²) in [5.41, 5.74) is 1.86. The highest BCUT2D eigenvalue weighted by atomic mass is 16.6. The number of methoxy groups -OCH3 is 1. The van der Waals surface area contributed by atoms with Gasteiger partial charge in [0.25, 0.3) is 0 Å². The monoisotopic (exact) mass is 406 g/mol. The summed E-state index contributed by atoms with van der Waals surface area (Å²) in [5.74, 6) is 0.249. The topological polar surface area (TPSA) is 76.0 Å². The zero-order chi connectivity index (χ0) is 21.6. The number of hydrogen-bond acceptors (Lipinski definition) is 5. The van der Waals surface area contributed by atoms with Crippen molar-refractivity contribution in [1.82, 2.24) is 0 Å². The number of esters is 1. The summed E-state index contributed by atoms with van der Waals surface area (Å²) in [7, 11) is 1.34. The lowest BCUT2D eigenvalue weighted by Crippen LogP contribution is -2.28. The van der Waals surface area contributed by atoms with Gasteiger partial charge in [0, 0.05) is 5.92 Å². The number of carbonyl (C=O) groups is 1. The van der Waals surface area contributed by atoms with E-state index in [2.05, 4.69) is 38.2 Å². The first-order chi connectivity index (χ1) is 13.7. The molecule has 0 aliphatic heterocycles. The summed E-state index contributed by atoms with van der Waals surface area (Å²) >= 11 is 0. The van der Waals surface area contributed by atoms with E-state index in [9.17, 15) is 15.0 Å². The number of aliphatic hydroxyl groups is 2. The Hall–Kier alpha value is -1.43. The molecule has 2 rings (SSSR count). The molecule has 0 bridgehead atoms. The van der Waals surface area contributed by atoms with Gasteiger partial charge in [-0.1, -0.05) is 58.4 Å². The van der Waals surface area contributed by atoms with Gasteiger partial charge in [-0.15, -0.1) is 0 Å². The van der Waals surface area contributed by atoms with E-state index in [1.54, 1.807) is 0 Å². The minimum Gasteiger partial charge on any atom is -0.467 e. The molecule has 1 fully saturated rings. The minimum atomic E-state index is -0.521. The van der Waals surface area contributed by atoms with Crippen molar-refractivity contribution < 1.29 is 24.5 Å². The molecule has 2 N–H and O–H groups in total. The first-order valence-corrected chi connectivity index (χ1v) is 10.8. The number of unbranched alkanes of at least 4 members (excludes halogenated alkanes) is 1. The van der Waals surface area contributed by atoms with Crippen LogP contribution >= 0.6 is 0 Å². The van der Waals surface area contributed by atoms with Crippen LogP contribution < -0.4 is 0 Å². The van der Waals surface area contributed by atoms with Gasteiger partial charge in [0.05, 0.1) is 25.9 Å². The summed E-state index contributed by atoms with van der Waals surface area (Å²) in [6.45, 7) is 10.7. The zero-order valence-electron chi connectivity index (χ0n) is 18.4. The zero-order valence-corrected chi connectivity index (χ0v) is 18.4. The van der Waals surface area contributed by atoms with Gasteiger partial charge < -0.3 is 19.7 Å². The summed E-state index contributed by atoms with van der Waals surface area (Å²) in [5, 5.41) is 21.2. The predicted molar refractivity (Wildman–Crippen MR) is 114 cm³/mol. The number of aliphatic hydroxyl groups excluding tert-OH is 2. The molecule has 2 aliphatic rings. The quantitative estimate of drug-likeness (QED) is 0.403. The lowest BCUT2D eigenvalue weighted by atomic mass is 9.80. The maximum absolute atomic E-state index is 11.2. The van der Waals surface area contributed by atoms with Crippen LogP contribution in [0.5, 0.6) is 0 Å². The second-order valence-electron chi connectivity index (χ2n) is 9.21. The van der Waals surface area contributed by atoms with Gasteiger partial charge in [0.1, 0.15) is 6.61 Å². The van der Waals surface area contributed by atoms with E-state index in [1.807, 2.05) is 12.2 Å². The molecule has 29 heavy (non-hydrogen) atoms. The molecule has 0 unspecified atom stereocenters. The van der Waals surface area contributed by atoms with Crippen LogP contribution in [0.2, 0.25) is 0 Å². The third-order valence-corrected chi connectivity index (χ3v) is 6.52. The lowest BCUT2D eigenvalue weighted by Gasteiger charge is -2.29. The first kappa shape index (κ1) is 23.8. The molecule has 0 aromatic carbocycles. The van der Waals surface area contributed by atoms with E-state index < -0.39 is 12.1 Å². The van der Waals surface area contributed by atoms with Crippen LogP contribution in [0.1, 0.15) is 52.9 Å². The van der Waals surface area contributed by atoms with E-state index >= 15 is 0 Å². The van der Waals surface area contributed by atoms with Crippen molar-refractivity contribution in [3.05, 3.63) is 36.0 Å². The van der Waals surface area contributed by atoms with E-state index in [0.29, 0.717) is 12.5 Å². The predicted octanol–water partition coefficient (Wildman–Crippen LogP) is 3.81. The van der Waals surface area contributed by atoms with E-state index in [1.165, 1.54) is 7.11 Å². The minimum absolute atomic E-state index is 0.0120. The highest BCUT2D eigenvalue weighted by Crippen LogP contribution is 2.48. The average Bonchev–Trinajstić information content (AvgIpc) is 3.21. The number of hydrogen-bond donors (Lipinski definition) is 2. The van der Waals surface area contributed by atoms with E-state index in [-0.39, 0.29) is 30.0 Å². The van der Waals surface area contributed by atoms with Gasteiger partial charge in [-0.3, -0.25) is 0 Å². The number of ether oxygens (including phenoxy) is 2. The normalized spacial score (nSPS) is 27.7. The van der Waals surface area contributed by atoms with Gasteiger partial charge >= 0.3 is 5.97 Å². The molecule has 0 saturated heterocycles. The SMILES string of the molecule is C=C(COCC(=O)OC)C1=C[C@H]2[C@@H](C1)C[C@@H](O)[C@@H]2/C=C/[C@@H](O)C(C)(C)CCCC. The molecule has 5 nitrogen and oxygen atoms in total. The Balaban J connectivity index is 1.97. The van der Waals surface area contributed by atoms with E-state index in [4.69, 9.17) is 4.74 Å². The molecule has 1 saturated carbocycles. The van der Waals surface area contributed by atoms with Gasteiger partial charge in [-0.05, 0) is 47.7 Å². The second-order valence-corrected chi connectivity index (χ2v) is 9.21. The van der Waals surface area contributed by atoms with Crippen molar-refractivity contribution in [3.63, 3.8) is 0 Å². The molecule has 0 heterocycles. The first-order valence-electron chi connectivity index (χ1n) is 10.8. The molecule has 5 atom stereocenters. The number of fused-ring (bicyclic) bond motifs is 1. The lowest BCUT2D eigenvalue weighted by molar-refractivity contribution is -0.145. The Morgan fingerprint density at radius 3 is 2.79 bits per heavy atom. The van der Waals surface area contributed by atoms with Crippen molar-refractivity contribution >= 4 is 5.97 Å². The van der Waals surface area contributed by atoms with Crippen LogP contribution in [0.3, 0.4) is 0 Å². The molecule has 164 valence electrons. The molecule has 0 aromatic rings. The number of rotatable bonds is 11. The largest absolute Gasteiger partial charge is 0.467 e. The standard InChI is InChI=1S/C24H38O5/c1-6-7-10-24(3,4)22(26)9-8-19-20-12-17(11-18(20)13-21(19)25)16(2)14-29-15-23(27)28-5/h8-9,12,18-22,25-26H,2,6-7,10-11,13-15H2,1,3-5H3/b9-8+/t18-,19+,20-,21+,22+/m0/s1. The van der Waals surface area contributed by atoms with Crippen molar-refractivity contribution in [2.75, 3.05) is 20.3 Å². The maximum Gasteiger partial charge on any atom is 0.331 e. The van der Waals surface area contributed by atoms with Crippen molar-refractivity contribution in [2.45, 2.75) is 65.1 Å². The summed E-state index contributed by atoms with van der Waals surface area (Å²) in [6, 6.07) is 0. The van der Waals surface area contributed by atoms with Crippen LogP contribution in [0.15, 0.2) is 36.0 Å². The van der Waals surface area contributed by atoms with Crippen molar-refractivity contribution in [2.24, 2.45) is 23.2 Å². The smallest absolute Gasteiger partial charge is 0.331 e. The van der Waals surface area contributed by atoms with Crippen molar-refractivity contribution in [3.8, 4) is 0 Å². The molecule has 0 aromatic heterocycles. The van der Waals surface area contributed by atoms with Gasteiger partial charge in [-0.2, -0.15) is 0 Å². The Kier molecular flexibility index (Phi) is 8.68. The van der Waals surface area contributed by atoms with Crippen molar-refractivity contribution in [1.29, 1.82) is 0 Å². The molecule has 0 radical (unpaired) electrons. The number of carbonyl (C=O) groups excluding carboxylic acids is 1. The van der Waals surface area contributed by atoms with Gasteiger partial charge in [0.2, 0.25) is 0 Å². The Morgan fingerprint density at radius 2 is 2.14 bits per heavy atom.